The molecular formula is C13H20N2. The van der Waals surface area contributed by atoms with Crippen molar-refractivity contribution in [1.82, 2.24) is 0 Å². The lowest BCUT2D eigenvalue weighted by Crippen LogP contribution is -2.30. The summed E-state index contributed by atoms with van der Waals surface area (Å²) < 4.78 is 0. The highest BCUT2D eigenvalue weighted by atomic mass is 15.1. The number of nitrogen functional groups attached to an aromatic ring is 1. The van der Waals surface area contributed by atoms with Crippen LogP contribution in [-0.4, -0.2) is 13.1 Å². The molecule has 0 saturated heterocycles. The van der Waals surface area contributed by atoms with Crippen molar-refractivity contribution in [3.8, 4) is 0 Å². The third-order valence-electron chi connectivity index (χ3n) is 3.41. The summed E-state index contributed by atoms with van der Waals surface area (Å²) in [6.45, 7) is 4.39. The first kappa shape index (κ1) is 10.3. The van der Waals surface area contributed by atoms with Crippen molar-refractivity contribution in [2.45, 2.75) is 32.7 Å². The third-order valence-corrected chi connectivity index (χ3v) is 3.41. The number of aryl methyl sites for hydroxylation is 1. The maximum Gasteiger partial charge on any atom is 0.0389 e. The summed E-state index contributed by atoms with van der Waals surface area (Å²) in [7, 11) is 2.16. The van der Waals surface area contributed by atoms with Gasteiger partial charge in [-0.2, -0.15) is 0 Å². The first-order valence-corrected chi connectivity index (χ1v) is 5.68. The van der Waals surface area contributed by atoms with Gasteiger partial charge in [0.15, 0.2) is 0 Å². The standard InChI is InChI=1S/C13H20N2/c1-9-6-12(14)8-13(7-9)15(3)10(2)11-4-5-11/h6-8,10-11H,4-5,14H2,1-3H3. The Labute approximate surface area is 92.1 Å². The second-order valence-corrected chi connectivity index (χ2v) is 4.79. The summed E-state index contributed by atoms with van der Waals surface area (Å²) in [6, 6.07) is 6.91. The molecular weight excluding hydrogens is 184 g/mol. The van der Waals surface area contributed by atoms with Gasteiger partial charge in [-0.05, 0) is 56.4 Å². The molecule has 1 unspecified atom stereocenters. The van der Waals surface area contributed by atoms with Gasteiger partial charge in [-0.15, -0.1) is 0 Å². The third kappa shape index (κ3) is 2.25. The van der Waals surface area contributed by atoms with E-state index < -0.39 is 0 Å². The fraction of sp³-hybridized carbons (Fsp3) is 0.538. The molecule has 1 aromatic carbocycles. The van der Waals surface area contributed by atoms with Crippen molar-refractivity contribution in [1.29, 1.82) is 0 Å². The van der Waals surface area contributed by atoms with Crippen molar-refractivity contribution in [2.24, 2.45) is 5.92 Å². The van der Waals surface area contributed by atoms with E-state index in [1.54, 1.807) is 0 Å². The van der Waals surface area contributed by atoms with Crippen LogP contribution in [0.5, 0.6) is 0 Å². The first-order chi connectivity index (χ1) is 7.08. The van der Waals surface area contributed by atoms with Gasteiger partial charge < -0.3 is 10.6 Å². The van der Waals surface area contributed by atoms with E-state index in [1.165, 1.54) is 24.1 Å². The summed E-state index contributed by atoms with van der Waals surface area (Å²) in [4.78, 5) is 2.35. The minimum absolute atomic E-state index is 0.631. The fourth-order valence-electron chi connectivity index (χ4n) is 2.13. The van der Waals surface area contributed by atoms with Crippen LogP contribution in [0.15, 0.2) is 18.2 Å². The lowest BCUT2D eigenvalue weighted by atomic mass is 10.1. The van der Waals surface area contributed by atoms with E-state index in [0.29, 0.717) is 6.04 Å². The van der Waals surface area contributed by atoms with Crippen LogP contribution < -0.4 is 10.6 Å². The molecule has 82 valence electrons. The minimum Gasteiger partial charge on any atom is -0.399 e. The van der Waals surface area contributed by atoms with Gasteiger partial charge in [-0.3, -0.25) is 0 Å². The van der Waals surface area contributed by atoms with Crippen LogP contribution in [0.1, 0.15) is 25.3 Å². The minimum atomic E-state index is 0.631. The molecule has 1 aliphatic rings. The molecule has 0 radical (unpaired) electrons. The Kier molecular flexibility index (Phi) is 2.59. The number of anilines is 2. The Morgan fingerprint density at radius 2 is 2.00 bits per heavy atom. The van der Waals surface area contributed by atoms with E-state index >= 15 is 0 Å². The highest BCUT2D eigenvalue weighted by Crippen LogP contribution is 2.36. The van der Waals surface area contributed by atoms with Gasteiger partial charge in [0.25, 0.3) is 0 Å². The number of nitrogens with zero attached hydrogens (tertiary/aromatic N) is 1. The summed E-state index contributed by atoms with van der Waals surface area (Å²) in [5.41, 5.74) is 9.20. The van der Waals surface area contributed by atoms with Gasteiger partial charge >= 0.3 is 0 Å². The van der Waals surface area contributed by atoms with Crippen LogP contribution in [0.3, 0.4) is 0 Å². The monoisotopic (exact) mass is 204 g/mol. The molecule has 15 heavy (non-hydrogen) atoms. The highest BCUT2D eigenvalue weighted by molar-refractivity contribution is 5.58. The van der Waals surface area contributed by atoms with Gasteiger partial charge in [0.05, 0.1) is 0 Å². The van der Waals surface area contributed by atoms with Gasteiger partial charge in [-0.1, -0.05) is 0 Å². The van der Waals surface area contributed by atoms with E-state index in [1.807, 2.05) is 6.07 Å². The zero-order valence-corrected chi connectivity index (χ0v) is 9.83. The highest BCUT2D eigenvalue weighted by Gasteiger charge is 2.30. The maximum absolute atomic E-state index is 5.86. The van der Waals surface area contributed by atoms with Gasteiger partial charge in [-0.25, -0.2) is 0 Å². The SMILES string of the molecule is Cc1cc(N)cc(N(C)C(C)C2CC2)c1. The molecule has 1 aromatic rings. The predicted molar refractivity (Wildman–Crippen MR) is 66.2 cm³/mol. The normalized spacial score (nSPS) is 17.5. The van der Waals surface area contributed by atoms with Crippen LogP contribution in [0.25, 0.3) is 0 Å². The lowest BCUT2D eigenvalue weighted by molar-refractivity contribution is 0.609. The van der Waals surface area contributed by atoms with Crippen LogP contribution in [0.2, 0.25) is 0 Å². The van der Waals surface area contributed by atoms with Gasteiger partial charge in [0, 0.05) is 24.5 Å². The molecule has 1 fully saturated rings. The topological polar surface area (TPSA) is 29.3 Å². The van der Waals surface area contributed by atoms with Crippen molar-refractivity contribution in [2.75, 3.05) is 17.7 Å². The predicted octanol–water partition coefficient (Wildman–Crippen LogP) is 2.81. The Balaban J connectivity index is 2.19. The first-order valence-electron chi connectivity index (χ1n) is 5.68. The summed E-state index contributed by atoms with van der Waals surface area (Å²) >= 11 is 0. The van der Waals surface area contributed by atoms with Crippen molar-refractivity contribution in [3.63, 3.8) is 0 Å². The number of hydrogen-bond acceptors (Lipinski definition) is 2. The Morgan fingerprint density at radius 1 is 1.33 bits per heavy atom. The molecule has 0 spiro atoms. The van der Waals surface area contributed by atoms with Crippen LogP contribution >= 0.6 is 0 Å². The average molecular weight is 204 g/mol. The van der Waals surface area contributed by atoms with Crippen LogP contribution in [-0.2, 0) is 0 Å². The lowest BCUT2D eigenvalue weighted by Gasteiger charge is -2.27. The number of hydrogen-bond donors (Lipinski definition) is 1. The second kappa shape index (κ2) is 3.76. The molecule has 0 amide bonds. The zero-order chi connectivity index (χ0) is 11.0. The quantitative estimate of drug-likeness (QED) is 0.767. The van der Waals surface area contributed by atoms with Crippen molar-refractivity contribution in [3.05, 3.63) is 23.8 Å². The number of benzene rings is 1. The van der Waals surface area contributed by atoms with E-state index in [0.717, 1.165) is 11.6 Å². The molecule has 2 rings (SSSR count). The van der Waals surface area contributed by atoms with Crippen LogP contribution in [0.4, 0.5) is 11.4 Å². The van der Waals surface area contributed by atoms with Gasteiger partial charge in [0.2, 0.25) is 0 Å². The molecule has 1 aliphatic carbocycles. The van der Waals surface area contributed by atoms with E-state index in [4.69, 9.17) is 5.73 Å². The Bertz CT molecular complexity index is 335. The summed E-state index contributed by atoms with van der Waals surface area (Å²) in [5, 5.41) is 0. The molecule has 1 atom stereocenters. The average Bonchev–Trinajstić information content (AvgIpc) is 2.97. The molecule has 2 heteroatoms. The summed E-state index contributed by atoms with van der Waals surface area (Å²) in [6.07, 6.45) is 2.76. The number of nitrogens with two attached hydrogens (primary N) is 1. The van der Waals surface area contributed by atoms with E-state index in [2.05, 4.69) is 37.9 Å². The Morgan fingerprint density at radius 3 is 2.53 bits per heavy atom. The smallest absolute Gasteiger partial charge is 0.0389 e. The second-order valence-electron chi connectivity index (χ2n) is 4.79. The largest absolute Gasteiger partial charge is 0.399 e. The van der Waals surface area contributed by atoms with Gasteiger partial charge in [0.1, 0.15) is 0 Å². The summed E-state index contributed by atoms with van der Waals surface area (Å²) in [5.74, 6) is 0.886. The number of rotatable bonds is 3. The van der Waals surface area contributed by atoms with E-state index in [-0.39, 0.29) is 0 Å². The molecule has 0 aliphatic heterocycles. The molecule has 1 saturated carbocycles. The zero-order valence-electron chi connectivity index (χ0n) is 9.83. The molecule has 0 bridgehead atoms. The van der Waals surface area contributed by atoms with Crippen molar-refractivity contribution >= 4 is 11.4 Å². The van der Waals surface area contributed by atoms with Crippen LogP contribution in [0, 0.1) is 12.8 Å². The fourth-order valence-corrected chi connectivity index (χ4v) is 2.13. The van der Waals surface area contributed by atoms with E-state index in [9.17, 15) is 0 Å². The molecule has 2 nitrogen and oxygen atoms in total. The van der Waals surface area contributed by atoms with Crippen molar-refractivity contribution < 1.29 is 0 Å². The Hall–Kier alpha value is -1.18. The molecule has 0 aromatic heterocycles. The maximum atomic E-state index is 5.86. The molecule has 0 heterocycles. The molecule has 2 N–H and O–H groups in total.